The molecule has 2 aromatic rings. The number of amides is 1. The van der Waals surface area contributed by atoms with Crippen LogP contribution in [0.5, 0.6) is 0 Å². The molecule has 2 N–H and O–H groups in total. The average molecular weight is 301 g/mol. The van der Waals surface area contributed by atoms with Gasteiger partial charge in [-0.25, -0.2) is 0 Å². The standard InChI is InChI=1S/C17H23N3O2/c1-3-15(21)9-10-18-17(22)16-11-19-20(13(16)2)12-14-7-5-4-6-8-14/h4-8,11,15,21H,3,9-10,12H2,1-2H3,(H,18,22). The molecule has 1 aromatic heterocycles. The van der Waals surface area contributed by atoms with Crippen molar-refractivity contribution in [3.63, 3.8) is 0 Å². The molecule has 5 nitrogen and oxygen atoms in total. The summed E-state index contributed by atoms with van der Waals surface area (Å²) in [6.07, 6.45) is 2.51. The Morgan fingerprint density at radius 2 is 2.09 bits per heavy atom. The minimum Gasteiger partial charge on any atom is -0.393 e. The highest BCUT2D eigenvalue weighted by molar-refractivity contribution is 5.95. The van der Waals surface area contributed by atoms with Crippen molar-refractivity contribution in [3.8, 4) is 0 Å². The summed E-state index contributed by atoms with van der Waals surface area (Å²) < 4.78 is 1.82. The zero-order valence-corrected chi connectivity index (χ0v) is 13.1. The molecule has 0 spiro atoms. The first kappa shape index (κ1) is 16.2. The maximum absolute atomic E-state index is 12.2. The van der Waals surface area contributed by atoms with Crippen LogP contribution >= 0.6 is 0 Å². The quantitative estimate of drug-likeness (QED) is 0.823. The molecule has 118 valence electrons. The number of benzene rings is 1. The molecular weight excluding hydrogens is 278 g/mol. The summed E-state index contributed by atoms with van der Waals surface area (Å²) in [4.78, 5) is 12.2. The summed E-state index contributed by atoms with van der Waals surface area (Å²) in [5.41, 5.74) is 2.58. The van der Waals surface area contributed by atoms with Crippen molar-refractivity contribution in [2.45, 2.75) is 39.3 Å². The monoisotopic (exact) mass is 301 g/mol. The van der Waals surface area contributed by atoms with E-state index in [1.54, 1.807) is 6.20 Å². The molecule has 0 bridgehead atoms. The second kappa shape index (κ2) is 7.75. The van der Waals surface area contributed by atoms with E-state index in [1.165, 1.54) is 0 Å². The zero-order chi connectivity index (χ0) is 15.9. The first-order valence-electron chi connectivity index (χ1n) is 7.64. The van der Waals surface area contributed by atoms with Gasteiger partial charge in [0.05, 0.1) is 24.4 Å². The van der Waals surface area contributed by atoms with Gasteiger partial charge in [0, 0.05) is 12.2 Å². The van der Waals surface area contributed by atoms with E-state index < -0.39 is 0 Å². The maximum Gasteiger partial charge on any atom is 0.254 e. The number of aliphatic hydroxyl groups excluding tert-OH is 1. The van der Waals surface area contributed by atoms with Crippen molar-refractivity contribution < 1.29 is 9.90 Å². The van der Waals surface area contributed by atoms with Crippen molar-refractivity contribution in [3.05, 3.63) is 53.3 Å². The van der Waals surface area contributed by atoms with Crippen molar-refractivity contribution in [2.24, 2.45) is 0 Å². The van der Waals surface area contributed by atoms with Gasteiger partial charge in [-0.3, -0.25) is 9.48 Å². The molecule has 0 aliphatic rings. The number of carbonyl (C=O) groups is 1. The normalized spacial score (nSPS) is 12.1. The van der Waals surface area contributed by atoms with Crippen LogP contribution in [-0.2, 0) is 6.54 Å². The highest BCUT2D eigenvalue weighted by Gasteiger charge is 2.14. The van der Waals surface area contributed by atoms with E-state index in [0.717, 1.165) is 11.3 Å². The molecule has 5 heteroatoms. The number of rotatable bonds is 7. The SMILES string of the molecule is CCC(O)CCNC(=O)c1cnn(Cc2ccccc2)c1C. The average Bonchev–Trinajstić information content (AvgIpc) is 2.89. The fraction of sp³-hybridized carbons (Fsp3) is 0.412. The summed E-state index contributed by atoms with van der Waals surface area (Å²) >= 11 is 0. The Morgan fingerprint density at radius 3 is 2.77 bits per heavy atom. The van der Waals surface area contributed by atoms with E-state index in [1.807, 2.05) is 48.9 Å². The Bertz CT molecular complexity index is 608. The molecule has 0 saturated heterocycles. The van der Waals surface area contributed by atoms with Gasteiger partial charge in [-0.2, -0.15) is 5.10 Å². The highest BCUT2D eigenvalue weighted by Crippen LogP contribution is 2.10. The first-order chi connectivity index (χ1) is 10.6. The van der Waals surface area contributed by atoms with Gasteiger partial charge in [0.25, 0.3) is 5.91 Å². The number of nitrogens with one attached hydrogen (secondary N) is 1. The molecular formula is C17H23N3O2. The van der Waals surface area contributed by atoms with Crippen LogP contribution in [0.3, 0.4) is 0 Å². The lowest BCUT2D eigenvalue weighted by Crippen LogP contribution is -2.27. The van der Waals surface area contributed by atoms with Crippen LogP contribution in [-0.4, -0.2) is 33.4 Å². The lowest BCUT2D eigenvalue weighted by molar-refractivity contribution is 0.0941. The second-order valence-corrected chi connectivity index (χ2v) is 5.39. The molecule has 1 heterocycles. The van der Waals surface area contributed by atoms with Crippen LogP contribution in [0, 0.1) is 6.92 Å². The Hall–Kier alpha value is -2.14. The van der Waals surface area contributed by atoms with E-state index in [-0.39, 0.29) is 12.0 Å². The summed E-state index contributed by atoms with van der Waals surface area (Å²) in [7, 11) is 0. The van der Waals surface area contributed by atoms with Crippen LogP contribution in [0.2, 0.25) is 0 Å². The summed E-state index contributed by atoms with van der Waals surface area (Å²) in [5, 5.41) is 16.6. The third-order valence-corrected chi connectivity index (χ3v) is 3.76. The van der Waals surface area contributed by atoms with Gasteiger partial charge in [-0.15, -0.1) is 0 Å². The molecule has 2 rings (SSSR count). The topological polar surface area (TPSA) is 67.2 Å². The van der Waals surface area contributed by atoms with E-state index in [0.29, 0.717) is 31.5 Å². The lowest BCUT2D eigenvalue weighted by atomic mass is 10.2. The minimum atomic E-state index is -0.359. The Morgan fingerprint density at radius 1 is 1.36 bits per heavy atom. The number of hydrogen-bond donors (Lipinski definition) is 2. The van der Waals surface area contributed by atoms with Crippen molar-refractivity contribution in [1.82, 2.24) is 15.1 Å². The summed E-state index contributed by atoms with van der Waals surface area (Å²) in [6.45, 7) is 4.93. The second-order valence-electron chi connectivity index (χ2n) is 5.39. The largest absolute Gasteiger partial charge is 0.393 e. The molecule has 1 amide bonds. The maximum atomic E-state index is 12.2. The van der Waals surface area contributed by atoms with Crippen LogP contribution in [0.4, 0.5) is 0 Å². The molecule has 0 fully saturated rings. The van der Waals surface area contributed by atoms with Gasteiger partial charge in [0.15, 0.2) is 0 Å². The van der Waals surface area contributed by atoms with Gasteiger partial charge < -0.3 is 10.4 Å². The van der Waals surface area contributed by atoms with Crippen molar-refractivity contribution >= 4 is 5.91 Å². The van der Waals surface area contributed by atoms with Gasteiger partial charge in [-0.05, 0) is 25.3 Å². The summed E-state index contributed by atoms with van der Waals surface area (Å²) in [6, 6.07) is 10.0. The van der Waals surface area contributed by atoms with E-state index in [4.69, 9.17) is 0 Å². The molecule has 22 heavy (non-hydrogen) atoms. The minimum absolute atomic E-state index is 0.139. The van der Waals surface area contributed by atoms with Crippen molar-refractivity contribution in [1.29, 1.82) is 0 Å². The van der Waals surface area contributed by atoms with Crippen molar-refractivity contribution in [2.75, 3.05) is 6.54 Å². The van der Waals surface area contributed by atoms with E-state index in [2.05, 4.69) is 10.4 Å². The Labute approximate surface area is 131 Å². The number of aromatic nitrogens is 2. The number of nitrogens with zero attached hydrogens (tertiary/aromatic N) is 2. The van der Waals surface area contributed by atoms with E-state index >= 15 is 0 Å². The molecule has 0 aliphatic heterocycles. The predicted molar refractivity (Wildman–Crippen MR) is 85.8 cm³/mol. The Balaban J connectivity index is 1.96. The van der Waals surface area contributed by atoms with Crippen LogP contribution in [0.1, 0.15) is 41.4 Å². The summed E-state index contributed by atoms with van der Waals surface area (Å²) in [5.74, 6) is -0.139. The van der Waals surface area contributed by atoms with Crippen LogP contribution in [0.15, 0.2) is 36.5 Å². The van der Waals surface area contributed by atoms with Gasteiger partial charge in [-0.1, -0.05) is 37.3 Å². The lowest BCUT2D eigenvalue weighted by Gasteiger charge is -2.09. The molecule has 1 aromatic carbocycles. The van der Waals surface area contributed by atoms with Gasteiger partial charge in [0.1, 0.15) is 0 Å². The predicted octanol–water partition coefficient (Wildman–Crippen LogP) is 2.13. The number of carbonyl (C=O) groups excluding carboxylic acids is 1. The third kappa shape index (κ3) is 4.18. The van der Waals surface area contributed by atoms with Crippen LogP contribution < -0.4 is 5.32 Å². The highest BCUT2D eigenvalue weighted by atomic mass is 16.3. The smallest absolute Gasteiger partial charge is 0.254 e. The number of aliphatic hydroxyl groups is 1. The molecule has 0 saturated carbocycles. The fourth-order valence-electron chi connectivity index (χ4n) is 2.24. The molecule has 1 unspecified atom stereocenters. The third-order valence-electron chi connectivity index (χ3n) is 3.76. The molecule has 0 aliphatic carbocycles. The van der Waals surface area contributed by atoms with Crippen LogP contribution in [0.25, 0.3) is 0 Å². The van der Waals surface area contributed by atoms with Gasteiger partial charge in [0.2, 0.25) is 0 Å². The Kier molecular flexibility index (Phi) is 5.72. The first-order valence-corrected chi connectivity index (χ1v) is 7.64. The van der Waals surface area contributed by atoms with E-state index in [9.17, 15) is 9.90 Å². The fourth-order valence-corrected chi connectivity index (χ4v) is 2.24. The zero-order valence-electron chi connectivity index (χ0n) is 13.1. The number of hydrogen-bond acceptors (Lipinski definition) is 3. The molecule has 1 atom stereocenters. The molecule has 0 radical (unpaired) electrons. The van der Waals surface area contributed by atoms with Gasteiger partial charge >= 0.3 is 0 Å².